The Morgan fingerprint density at radius 1 is 1.30 bits per heavy atom. The number of halogens is 1. The second-order valence-corrected chi connectivity index (χ2v) is 6.38. The van der Waals surface area contributed by atoms with E-state index in [0.29, 0.717) is 12.1 Å². The number of hydrogen-bond acceptors (Lipinski definition) is 4. The van der Waals surface area contributed by atoms with E-state index in [4.69, 9.17) is 9.47 Å². The molecule has 0 radical (unpaired) electrons. The van der Waals surface area contributed by atoms with Gasteiger partial charge in [-0.3, -0.25) is 9.79 Å². The summed E-state index contributed by atoms with van der Waals surface area (Å²) in [6.07, 6.45) is 2.55. The number of nitrogens with one attached hydrogen (secondary N) is 3. The van der Waals surface area contributed by atoms with Crippen LogP contribution < -0.4 is 16.0 Å². The van der Waals surface area contributed by atoms with Gasteiger partial charge in [0.25, 0.3) is 5.91 Å². The van der Waals surface area contributed by atoms with Gasteiger partial charge in [0.1, 0.15) is 0 Å². The average molecular weight is 490 g/mol. The van der Waals surface area contributed by atoms with Gasteiger partial charge in [-0.15, -0.1) is 24.0 Å². The summed E-state index contributed by atoms with van der Waals surface area (Å²) in [5.74, 6) is 0.675. The van der Waals surface area contributed by atoms with E-state index >= 15 is 0 Å². The molecule has 0 unspecified atom stereocenters. The highest BCUT2D eigenvalue weighted by molar-refractivity contribution is 14.0. The molecular formula is C19H31IN4O3. The lowest BCUT2D eigenvalue weighted by molar-refractivity contribution is -0.0855. The highest BCUT2D eigenvalue weighted by Gasteiger charge is 2.32. The summed E-state index contributed by atoms with van der Waals surface area (Å²) in [4.78, 5) is 16.0. The van der Waals surface area contributed by atoms with Crippen molar-refractivity contribution in [3.05, 3.63) is 35.4 Å². The minimum Gasteiger partial charge on any atom is -0.381 e. The zero-order valence-corrected chi connectivity index (χ0v) is 18.7. The van der Waals surface area contributed by atoms with Crippen molar-refractivity contribution in [3.8, 4) is 0 Å². The fourth-order valence-corrected chi connectivity index (χ4v) is 3.00. The van der Waals surface area contributed by atoms with Crippen LogP contribution in [0.3, 0.4) is 0 Å². The van der Waals surface area contributed by atoms with Gasteiger partial charge in [0, 0.05) is 65.9 Å². The number of methoxy groups -OCH3 is 1. The zero-order valence-electron chi connectivity index (χ0n) is 16.3. The molecule has 1 aromatic carbocycles. The van der Waals surface area contributed by atoms with Crippen LogP contribution in [0, 0.1) is 0 Å². The van der Waals surface area contributed by atoms with Crippen LogP contribution >= 0.6 is 24.0 Å². The Balaban J connectivity index is 0.00000364. The first-order valence-electron chi connectivity index (χ1n) is 9.01. The van der Waals surface area contributed by atoms with Crippen LogP contribution in [-0.4, -0.2) is 65.0 Å². The molecule has 1 heterocycles. The van der Waals surface area contributed by atoms with E-state index < -0.39 is 0 Å². The number of guanidine groups is 1. The number of nitrogens with zero attached hydrogens (tertiary/aromatic N) is 1. The Kier molecular flexibility index (Phi) is 10.6. The molecule has 0 saturated carbocycles. The van der Waals surface area contributed by atoms with E-state index in [1.807, 2.05) is 24.3 Å². The predicted molar refractivity (Wildman–Crippen MR) is 118 cm³/mol. The smallest absolute Gasteiger partial charge is 0.251 e. The van der Waals surface area contributed by atoms with Crippen molar-refractivity contribution in [1.29, 1.82) is 0 Å². The monoisotopic (exact) mass is 490 g/mol. The SMILES string of the molecule is CN=C(NCCc1cccc(C(=O)NC)c1)NCC1(OC)CCOCC1.I. The van der Waals surface area contributed by atoms with Gasteiger partial charge in [0.2, 0.25) is 0 Å². The lowest BCUT2D eigenvalue weighted by Crippen LogP contribution is -2.51. The van der Waals surface area contributed by atoms with E-state index in [0.717, 1.165) is 50.5 Å². The molecule has 1 saturated heterocycles. The van der Waals surface area contributed by atoms with E-state index in [1.165, 1.54) is 0 Å². The van der Waals surface area contributed by atoms with E-state index in [2.05, 4.69) is 20.9 Å². The average Bonchev–Trinajstić information content (AvgIpc) is 2.70. The molecule has 2 rings (SSSR count). The molecule has 0 aromatic heterocycles. The number of carbonyl (C=O) groups is 1. The van der Waals surface area contributed by atoms with Gasteiger partial charge in [-0.1, -0.05) is 12.1 Å². The van der Waals surface area contributed by atoms with E-state index in [1.54, 1.807) is 21.2 Å². The second-order valence-electron chi connectivity index (χ2n) is 6.38. The van der Waals surface area contributed by atoms with Crippen LogP contribution in [0.25, 0.3) is 0 Å². The number of benzene rings is 1. The van der Waals surface area contributed by atoms with Crippen molar-refractivity contribution in [2.75, 3.05) is 47.5 Å². The van der Waals surface area contributed by atoms with E-state index in [9.17, 15) is 4.79 Å². The van der Waals surface area contributed by atoms with Gasteiger partial charge in [-0.05, 0) is 24.1 Å². The van der Waals surface area contributed by atoms with Crippen molar-refractivity contribution in [1.82, 2.24) is 16.0 Å². The largest absolute Gasteiger partial charge is 0.381 e. The van der Waals surface area contributed by atoms with Crippen LogP contribution in [0.4, 0.5) is 0 Å². The van der Waals surface area contributed by atoms with Crippen molar-refractivity contribution in [2.45, 2.75) is 24.9 Å². The van der Waals surface area contributed by atoms with Crippen LogP contribution in [-0.2, 0) is 15.9 Å². The molecule has 0 aliphatic carbocycles. The number of rotatable bonds is 7. The highest BCUT2D eigenvalue weighted by atomic mass is 127. The first-order valence-corrected chi connectivity index (χ1v) is 9.01. The predicted octanol–water partition coefficient (Wildman–Crippen LogP) is 1.57. The van der Waals surface area contributed by atoms with Gasteiger partial charge < -0.3 is 25.4 Å². The minimum absolute atomic E-state index is 0. The van der Waals surface area contributed by atoms with Gasteiger partial charge in [0.05, 0.1) is 5.60 Å². The molecule has 7 nitrogen and oxygen atoms in total. The second kappa shape index (κ2) is 12.1. The Morgan fingerprint density at radius 3 is 2.67 bits per heavy atom. The molecule has 0 spiro atoms. The van der Waals surface area contributed by atoms with Crippen LogP contribution in [0.1, 0.15) is 28.8 Å². The standard InChI is InChI=1S/C19H30N4O3.HI/c1-20-17(24)16-6-4-5-15(13-16)7-10-22-18(21-2)23-14-19(25-3)8-11-26-12-9-19;/h4-6,13H,7-12,14H2,1-3H3,(H,20,24)(H2,21,22,23);1H. The molecule has 8 heteroatoms. The summed E-state index contributed by atoms with van der Waals surface area (Å²) in [7, 11) is 5.14. The van der Waals surface area contributed by atoms with Gasteiger partial charge in [-0.2, -0.15) is 0 Å². The molecule has 1 aliphatic heterocycles. The first-order chi connectivity index (χ1) is 12.6. The third kappa shape index (κ3) is 7.27. The van der Waals surface area contributed by atoms with Crippen molar-refractivity contribution < 1.29 is 14.3 Å². The third-order valence-electron chi connectivity index (χ3n) is 4.76. The van der Waals surface area contributed by atoms with Crippen molar-refractivity contribution >= 4 is 35.8 Å². The molecule has 1 aromatic rings. The number of aliphatic imine (C=N–C) groups is 1. The number of ether oxygens (including phenoxy) is 2. The van der Waals surface area contributed by atoms with Crippen LogP contribution in [0.5, 0.6) is 0 Å². The molecule has 152 valence electrons. The molecule has 0 atom stereocenters. The molecule has 1 fully saturated rings. The fourth-order valence-electron chi connectivity index (χ4n) is 3.00. The zero-order chi connectivity index (χ0) is 18.8. The van der Waals surface area contributed by atoms with Crippen molar-refractivity contribution in [2.24, 2.45) is 4.99 Å². The molecule has 27 heavy (non-hydrogen) atoms. The summed E-state index contributed by atoms with van der Waals surface area (Å²) < 4.78 is 11.2. The summed E-state index contributed by atoms with van der Waals surface area (Å²) in [6, 6.07) is 7.65. The quantitative estimate of drug-likeness (QED) is 0.307. The van der Waals surface area contributed by atoms with Crippen LogP contribution in [0.2, 0.25) is 0 Å². The summed E-state index contributed by atoms with van der Waals surface area (Å²) >= 11 is 0. The topological polar surface area (TPSA) is 84.0 Å². The van der Waals surface area contributed by atoms with E-state index in [-0.39, 0.29) is 35.5 Å². The Bertz CT molecular complexity index is 619. The van der Waals surface area contributed by atoms with Gasteiger partial charge in [0.15, 0.2) is 5.96 Å². The number of amides is 1. The normalized spacial score (nSPS) is 16.2. The maximum atomic E-state index is 11.7. The molecule has 1 amide bonds. The molecule has 0 bridgehead atoms. The lowest BCUT2D eigenvalue weighted by atomic mass is 9.94. The summed E-state index contributed by atoms with van der Waals surface area (Å²) in [5.41, 5.74) is 1.58. The Labute approximate surface area is 178 Å². The molecular weight excluding hydrogens is 459 g/mol. The van der Waals surface area contributed by atoms with Gasteiger partial charge in [-0.25, -0.2) is 0 Å². The number of carbonyl (C=O) groups excluding carboxylic acids is 1. The fraction of sp³-hybridized carbons (Fsp3) is 0.579. The first kappa shape index (κ1) is 23.6. The maximum absolute atomic E-state index is 11.7. The van der Waals surface area contributed by atoms with Gasteiger partial charge >= 0.3 is 0 Å². The van der Waals surface area contributed by atoms with Crippen LogP contribution in [0.15, 0.2) is 29.3 Å². The molecule has 1 aliphatic rings. The maximum Gasteiger partial charge on any atom is 0.251 e. The summed E-state index contributed by atoms with van der Waals surface area (Å²) in [5, 5.41) is 9.31. The summed E-state index contributed by atoms with van der Waals surface area (Å²) in [6.45, 7) is 2.87. The third-order valence-corrected chi connectivity index (χ3v) is 4.76. The highest BCUT2D eigenvalue weighted by Crippen LogP contribution is 2.23. The Morgan fingerprint density at radius 2 is 2.04 bits per heavy atom. The lowest BCUT2D eigenvalue weighted by Gasteiger charge is -2.36. The van der Waals surface area contributed by atoms with Crippen molar-refractivity contribution in [3.63, 3.8) is 0 Å². The minimum atomic E-state index is -0.197. The Hall–Kier alpha value is -1.39. The molecule has 3 N–H and O–H groups in total. The number of hydrogen-bond donors (Lipinski definition) is 3.